The lowest BCUT2D eigenvalue weighted by atomic mass is 10.4. The van der Waals surface area contributed by atoms with Crippen molar-refractivity contribution in [1.82, 2.24) is 3.96 Å². The van der Waals surface area contributed by atoms with E-state index in [4.69, 9.17) is 11.6 Å². The van der Waals surface area contributed by atoms with Gasteiger partial charge in [-0.05, 0) is 24.5 Å². The summed E-state index contributed by atoms with van der Waals surface area (Å²) < 4.78 is 1.71. The van der Waals surface area contributed by atoms with Crippen LogP contribution in [0.25, 0.3) is 6.20 Å². The molecule has 0 N–H and O–H groups in total. The number of hydrogen-bond donors (Lipinski definition) is 0. The SMILES string of the molecule is CC(=O)C=Cn1sc(Cl)cc1=O. The minimum atomic E-state index is -0.220. The fraction of sp³-hybridized carbons (Fsp3) is 0.143. The number of nitrogens with zero attached hydrogens (tertiary/aromatic N) is 1. The van der Waals surface area contributed by atoms with Gasteiger partial charge in [0.25, 0.3) is 5.56 Å². The molecule has 0 fully saturated rings. The van der Waals surface area contributed by atoms with Gasteiger partial charge in [0.2, 0.25) is 0 Å². The number of carbonyl (C=O) groups excluding carboxylic acids is 1. The lowest BCUT2D eigenvalue weighted by Gasteiger charge is -1.85. The molecule has 0 aliphatic rings. The van der Waals surface area contributed by atoms with Gasteiger partial charge in [0.1, 0.15) is 4.34 Å². The lowest BCUT2D eigenvalue weighted by molar-refractivity contribution is -0.112. The first-order chi connectivity index (χ1) is 5.59. The first-order valence-corrected chi connectivity index (χ1v) is 4.32. The summed E-state index contributed by atoms with van der Waals surface area (Å²) >= 11 is 6.65. The highest BCUT2D eigenvalue weighted by Crippen LogP contribution is 2.11. The molecule has 0 bridgehead atoms. The van der Waals surface area contributed by atoms with E-state index < -0.39 is 0 Å². The number of ketones is 1. The van der Waals surface area contributed by atoms with Crippen LogP contribution < -0.4 is 5.56 Å². The van der Waals surface area contributed by atoms with Gasteiger partial charge in [0.05, 0.1) is 0 Å². The highest BCUT2D eigenvalue weighted by atomic mass is 35.5. The molecular formula is C7H6ClNO2S. The fourth-order valence-corrected chi connectivity index (χ4v) is 1.52. The van der Waals surface area contributed by atoms with Gasteiger partial charge in [0, 0.05) is 12.3 Å². The van der Waals surface area contributed by atoms with E-state index in [0.717, 1.165) is 11.5 Å². The Hall–Kier alpha value is -0.870. The molecule has 0 unspecified atom stereocenters. The van der Waals surface area contributed by atoms with Gasteiger partial charge in [0.15, 0.2) is 5.78 Å². The maximum absolute atomic E-state index is 11.0. The van der Waals surface area contributed by atoms with Gasteiger partial charge < -0.3 is 0 Å². The molecule has 5 heteroatoms. The molecule has 0 radical (unpaired) electrons. The lowest BCUT2D eigenvalue weighted by Crippen LogP contribution is -2.05. The quantitative estimate of drug-likeness (QED) is 0.686. The summed E-state index contributed by atoms with van der Waals surface area (Å²) in [6, 6.07) is 1.30. The van der Waals surface area contributed by atoms with Crippen molar-refractivity contribution in [3.63, 3.8) is 0 Å². The summed E-state index contributed by atoms with van der Waals surface area (Å²) in [7, 11) is 0. The average molecular weight is 204 g/mol. The molecule has 1 heterocycles. The van der Waals surface area contributed by atoms with Crippen LogP contribution in [-0.2, 0) is 4.79 Å². The normalized spacial score (nSPS) is 10.8. The molecule has 0 aromatic carbocycles. The van der Waals surface area contributed by atoms with Crippen LogP contribution >= 0.6 is 23.1 Å². The molecule has 1 rings (SSSR count). The number of hydrogen-bond acceptors (Lipinski definition) is 3. The zero-order valence-corrected chi connectivity index (χ0v) is 7.85. The third kappa shape index (κ3) is 2.32. The second-order valence-corrected chi connectivity index (χ2v) is 3.78. The van der Waals surface area contributed by atoms with Crippen molar-refractivity contribution in [3.05, 3.63) is 26.8 Å². The first-order valence-electron chi connectivity index (χ1n) is 3.17. The van der Waals surface area contributed by atoms with Gasteiger partial charge in [-0.1, -0.05) is 11.6 Å². The highest BCUT2D eigenvalue weighted by molar-refractivity contribution is 7.11. The second-order valence-electron chi connectivity index (χ2n) is 2.13. The maximum atomic E-state index is 11.0. The average Bonchev–Trinajstić information content (AvgIpc) is 2.26. The monoisotopic (exact) mass is 203 g/mol. The number of aromatic nitrogens is 1. The Balaban J connectivity index is 2.97. The van der Waals surface area contributed by atoms with Gasteiger partial charge in [-0.3, -0.25) is 9.59 Å². The van der Waals surface area contributed by atoms with E-state index in [-0.39, 0.29) is 11.3 Å². The third-order valence-corrected chi connectivity index (χ3v) is 2.19. The van der Waals surface area contributed by atoms with Crippen LogP contribution in [0.3, 0.4) is 0 Å². The summed E-state index contributed by atoms with van der Waals surface area (Å²) in [5, 5.41) is 0. The second kappa shape index (κ2) is 3.69. The van der Waals surface area contributed by atoms with Gasteiger partial charge >= 0.3 is 0 Å². The van der Waals surface area contributed by atoms with Crippen LogP contribution in [-0.4, -0.2) is 9.74 Å². The summed E-state index contributed by atoms with van der Waals surface area (Å²) in [4.78, 5) is 21.5. The molecule has 0 aliphatic heterocycles. The van der Waals surface area contributed by atoms with Crippen molar-refractivity contribution in [2.24, 2.45) is 0 Å². The number of halogens is 1. The fourth-order valence-electron chi connectivity index (χ4n) is 0.603. The van der Waals surface area contributed by atoms with Crippen LogP contribution in [0.5, 0.6) is 0 Å². The Labute approximate surface area is 78.0 Å². The molecule has 64 valence electrons. The van der Waals surface area contributed by atoms with Crippen molar-refractivity contribution in [2.75, 3.05) is 0 Å². The molecule has 0 spiro atoms. The zero-order valence-electron chi connectivity index (χ0n) is 6.28. The Bertz CT molecular complexity index is 377. The molecule has 0 saturated carbocycles. The van der Waals surface area contributed by atoms with Crippen molar-refractivity contribution >= 4 is 35.1 Å². The molecular weight excluding hydrogens is 198 g/mol. The molecule has 0 amide bonds. The summed E-state index contributed by atoms with van der Waals surface area (Å²) in [5.41, 5.74) is -0.220. The number of rotatable bonds is 2. The van der Waals surface area contributed by atoms with Crippen molar-refractivity contribution in [2.45, 2.75) is 6.92 Å². The van der Waals surface area contributed by atoms with E-state index in [9.17, 15) is 9.59 Å². The third-order valence-electron chi connectivity index (χ3n) is 1.08. The van der Waals surface area contributed by atoms with E-state index in [1.807, 2.05) is 0 Å². The topological polar surface area (TPSA) is 39.1 Å². The highest BCUT2D eigenvalue weighted by Gasteiger charge is 1.97. The summed E-state index contributed by atoms with van der Waals surface area (Å²) in [6.07, 6.45) is 2.72. The van der Waals surface area contributed by atoms with Crippen LogP contribution in [0.2, 0.25) is 4.34 Å². The Morgan fingerprint density at radius 1 is 1.75 bits per heavy atom. The van der Waals surface area contributed by atoms with Gasteiger partial charge in [-0.25, -0.2) is 3.96 Å². The summed E-state index contributed by atoms with van der Waals surface area (Å²) in [6.45, 7) is 1.41. The van der Waals surface area contributed by atoms with Crippen LogP contribution in [0.15, 0.2) is 16.9 Å². The van der Waals surface area contributed by atoms with E-state index >= 15 is 0 Å². The smallest absolute Gasteiger partial charge is 0.266 e. The van der Waals surface area contributed by atoms with E-state index in [0.29, 0.717) is 4.34 Å². The largest absolute Gasteiger partial charge is 0.295 e. The van der Waals surface area contributed by atoms with Crippen LogP contribution in [0.4, 0.5) is 0 Å². The van der Waals surface area contributed by atoms with Gasteiger partial charge in [-0.15, -0.1) is 0 Å². The maximum Gasteiger partial charge on any atom is 0.266 e. The van der Waals surface area contributed by atoms with E-state index in [1.165, 1.54) is 29.2 Å². The zero-order chi connectivity index (χ0) is 9.14. The van der Waals surface area contributed by atoms with Crippen LogP contribution in [0, 0.1) is 0 Å². The molecule has 1 aromatic heterocycles. The Morgan fingerprint density at radius 3 is 2.83 bits per heavy atom. The standard InChI is InChI=1S/C7H6ClNO2S/c1-5(10)2-3-9-7(11)4-6(8)12-9/h2-4H,1H3. The molecule has 0 saturated heterocycles. The van der Waals surface area contributed by atoms with Crippen molar-refractivity contribution < 1.29 is 4.79 Å². The molecule has 3 nitrogen and oxygen atoms in total. The Kier molecular flexibility index (Phi) is 2.83. The molecule has 0 aliphatic carbocycles. The predicted octanol–water partition coefficient (Wildman–Crippen LogP) is 1.62. The predicted molar refractivity (Wildman–Crippen MR) is 49.6 cm³/mol. The van der Waals surface area contributed by atoms with Crippen molar-refractivity contribution in [1.29, 1.82) is 0 Å². The first kappa shape index (κ1) is 9.22. The Morgan fingerprint density at radius 2 is 2.42 bits per heavy atom. The van der Waals surface area contributed by atoms with Crippen molar-refractivity contribution in [3.8, 4) is 0 Å². The minimum Gasteiger partial charge on any atom is -0.295 e. The number of carbonyl (C=O) groups is 1. The molecule has 1 aromatic rings. The minimum absolute atomic E-state index is 0.105. The van der Waals surface area contributed by atoms with Gasteiger partial charge in [-0.2, -0.15) is 0 Å². The molecule has 12 heavy (non-hydrogen) atoms. The number of allylic oxidation sites excluding steroid dienone is 1. The molecule has 0 atom stereocenters. The summed E-state index contributed by atoms with van der Waals surface area (Å²) in [5.74, 6) is -0.105. The van der Waals surface area contributed by atoms with E-state index in [1.54, 1.807) is 0 Å². The van der Waals surface area contributed by atoms with E-state index in [2.05, 4.69) is 0 Å². The van der Waals surface area contributed by atoms with Crippen LogP contribution in [0.1, 0.15) is 6.92 Å².